The molecule has 0 spiro atoms. The first kappa shape index (κ1) is 24.0. The van der Waals surface area contributed by atoms with Crippen molar-refractivity contribution in [2.75, 3.05) is 6.54 Å². The molecule has 1 saturated heterocycles. The van der Waals surface area contributed by atoms with E-state index >= 15 is 0 Å². The molecule has 1 N–H and O–H groups in total. The fraction of sp³-hybridized carbons (Fsp3) is 0.682. The molecule has 2 rings (SSSR count). The molecule has 0 saturated carbocycles. The van der Waals surface area contributed by atoms with Crippen LogP contribution in [0.1, 0.15) is 78.7 Å². The topological polar surface area (TPSA) is 56.8 Å². The second-order valence-electron chi connectivity index (χ2n) is 9.58. The van der Waals surface area contributed by atoms with E-state index in [1.54, 1.807) is 11.3 Å². The van der Waals surface area contributed by atoms with Crippen molar-refractivity contribution in [3.05, 3.63) is 27.4 Å². The zero-order valence-electron chi connectivity index (χ0n) is 19.2. The molecule has 0 aliphatic carbocycles. The largest absolute Gasteiger partial charge is 0.492 e. The van der Waals surface area contributed by atoms with Crippen LogP contribution < -0.4 is 5.32 Å². The number of ether oxygens (including phenoxy) is 1. The lowest BCUT2D eigenvalue weighted by Gasteiger charge is -2.32. The highest BCUT2D eigenvalue weighted by Crippen LogP contribution is 2.39. The van der Waals surface area contributed by atoms with E-state index in [1.807, 2.05) is 48.5 Å². The summed E-state index contributed by atoms with van der Waals surface area (Å²) in [5.74, 6) is 0. The van der Waals surface area contributed by atoms with E-state index in [-0.39, 0.29) is 0 Å². The Morgan fingerprint density at radius 3 is 2.41 bits per heavy atom. The molecular weight excluding hydrogens is 385 g/mol. The normalized spacial score (nSPS) is 18.8. The minimum Gasteiger partial charge on any atom is -0.444 e. The Bertz CT molecular complexity index is 717. The Balaban J connectivity index is 2.25. The molecule has 162 valence electrons. The fourth-order valence-electron chi connectivity index (χ4n) is 2.90. The van der Waals surface area contributed by atoms with Gasteiger partial charge in [0.2, 0.25) is 0 Å². The molecule has 1 amide bonds. The number of unbranched alkanes of at least 4 members (excludes halogenated alkanes) is 1. The van der Waals surface area contributed by atoms with Crippen molar-refractivity contribution in [3.63, 3.8) is 0 Å². The van der Waals surface area contributed by atoms with E-state index < -0.39 is 30.0 Å². The van der Waals surface area contributed by atoms with Crippen LogP contribution >= 0.6 is 11.3 Å². The van der Waals surface area contributed by atoms with Crippen LogP contribution in [0.2, 0.25) is 0 Å². The van der Waals surface area contributed by atoms with Crippen molar-refractivity contribution in [1.82, 2.24) is 5.32 Å². The second kappa shape index (κ2) is 9.23. The SMILES string of the molecule is CCCCc1ccsc1C=C(CNC(=O)OC(C)(C)C)B1OC(C)(C)C(C)(C)O1. The third-order valence-corrected chi connectivity index (χ3v) is 6.19. The highest BCUT2D eigenvalue weighted by atomic mass is 32.1. The van der Waals surface area contributed by atoms with Gasteiger partial charge in [0.1, 0.15) is 5.60 Å². The van der Waals surface area contributed by atoms with Crippen molar-refractivity contribution in [3.8, 4) is 0 Å². The summed E-state index contributed by atoms with van der Waals surface area (Å²) in [5, 5.41) is 4.97. The maximum Gasteiger partial charge on any atom is 0.492 e. The third-order valence-electron chi connectivity index (χ3n) is 5.29. The molecule has 1 fully saturated rings. The zero-order chi connectivity index (χ0) is 21.9. The molecule has 1 aliphatic heterocycles. The number of carbonyl (C=O) groups excluding carboxylic acids is 1. The van der Waals surface area contributed by atoms with E-state index in [0.29, 0.717) is 6.54 Å². The number of alkyl carbamates (subject to hydrolysis) is 1. The van der Waals surface area contributed by atoms with Gasteiger partial charge in [0, 0.05) is 11.4 Å². The number of nitrogens with one attached hydrogen (secondary N) is 1. The lowest BCUT2D eigenvalue weighted by molar-refractivity contribution is 0.00578. The summed E-state index contributed by atoms with van der Waals surface area (Å²) in [6, 6.07) is 2.18. The molecule has 0 atom stereocenters. The van der Waals surface area contributed by atoms with Crippen molar-refractivity contribution in [1.29, 1.82) is 0 Å². The summed E-state index contributed by atoms with van der Waals surface area (Å²) in [4.78, 5) is 13.4. The molecule has 2 heterocycles. The Morgan fingerprint density at radius 1 is 1.24 bits per heavy atom. The van der Waals surface area contributed by atoms with Gasteiger partial charge in [-0.15, -0.1) is 11.3 Å². The van der Waals surface area contributed by atoms with Crippen molar-refractivity contribution in [2.24, 2.45) is 0 Å². The number of hydrogen-bond donors (Lipinski definition) is 1. The van der Waals surface area contributed by atoms with Crippen LogP contribution in [0, 0.1) is 0 Å². The first-order valence-corrected chi connectivity index (χ1v) is 11.3. The van der Waals surface area contributed by atoms with Gasteiger partial charge in [-0.25, -0.2) is 4.79 Å². The Hall–Kier alpha value is -1.31. The minimum absolute atomic E-state index is 0.302. The van der Waals surface area contributed by atoms with Gasteiger partial charge in [-0.1, -0.05) is 13.3 Å². The van der Waals surface area contributed by atoms with E-state index in [2.05, 4.69) is 29.8 Å². The Labute approximate surface area is 180 Å². The van der Waals surface area contributed by atoms with Crippen LogP contribution in [-0.4, -0.2) is 36.6 Å². The van der Waals surface area contributed by atoms with Gasteiger partial charge >= 0.3 is 13.2 Å². The summed E-state index contributed by atoms with van der Waals surface area (Å²) in [5.41, 5.74) is 0.781. The fourth-order valence-corrected chi connectivity index (χ4v) is 3.82. The van der Waals surface area contributed by atoms with Gasteiger partial charge in [0.15, 0.2) is 0 Å². The number of thiophene rings is 1. The van der Waals surface area contributed by atoms with E-state index in [0.717, 1.165) is 24.7 Å². The highest BCUT2D eigenvalue weighted by Gasteiger charge is 2.52. The van der Waals surface area contributed by atoms with Crippen LogP contribution in [0.3, 0.4) is 0 Å². The van der Waals surface area contributed by atoms with Crippen LogP contribution in [-0.2, 0) is 20.5 Å². The van der Waals surface area contributed by atoms with E-state index in [1.165, 1.54) is 10.4 Å². The molecule has 29 heavy (non-hydrogen) atoms. The number of rotatable bonds is 7. The van der Waals surface area contributed by atoms with Crippen LogP contribution in [0.15, 0.2) is 16.9 Å². The molecular formula is C22H36BNO4S. The molecule has 0 bridgehead atoms. The molecule has 1 aromatic rings. The molecule has 0 radical (unpaired) electrons. The van der Waals surface area contributed by atoms with E-state index in [9.17, 15) is 4.79 Å². The number of hydrogen-bond acceptors (Lipinski definition) is 5. The number of aryl methyl sites for hydroxylation is 1. The monoisotopic (exact) mass is 421 g/mol. The quantitative estimate of drug-likeness (QED) is 0.580. The first-order chi connectivity index (χ1) is 13.3. The lowest BCUT2D eigenvalue weighted by atomic mass is 9.77. The number of carbonyl (C=O) groups is 1. The van der Waals surface area contributed by atoms with Crippen LogP contribution in [0.25, 0.3) is 6.08 Å². The summed E-state index contributed by atoms with van der Waals surface area (Å²) < 4.78 is 17.9. The molecule has 1 aliphatic rings. The molecule has 0 aromatic carbocycles. The third kappa shape index (κ3) is 6.59. The van der Waals surface area contributed by atoms with E-state index in [4.69, 9.17) is 14.0 Å². The summed E-state index contributed by atoms with van der Waals surface area (Å²) in [7, 11) is -0.518. The minimum atomic E-state index is -0.542. The van der Waals surface area contributed by atoms with Gasteiger partial charge in [-0.2, -0.15) is 0 Å². The van der Waals surface area contributed by atoms with Crippen molar-refractivity contribution in [2.45, 2.75) is 91.5 Å². The van der Waals surface area contributed by atoms with Crippen LogP contribution in [0.5, 0.6) is 0 Å². The summed E-state index contributed by atoms with van der Waals surface area (Å²) in [6.07, 6.45) is 5.01. The van der Waals surface area contributed by atoms with Gasteiger partial charge in [0.25, 0.3) is 0 Å². The van der Waals surface area contributed by atoms with Gasteiger partial charge in [-0.05, 0) is 89.9 Å². The maximum atomic E-state index is 12.2. The van der Waals surface area contributed by atoms with Crippen molar-refractivity contribution >= 4 is 30.6 Å². The smallest absolute Gasteiger partial charge is 0.444 e. The average Bonchev–Trinajstić information content (AvgIpc) is 3.09. The zero-order valence-corrected chi connectivity index (χ0v) is 20.0. The summed E-state index contributed by atoms with van der Waals surface area (Å²) in [6.45, 7) is 16.2. The molecule has 1 aromatic heterocycles. The predicted molar refractivity (Wildman–Crippen MR) is 121 cm³/mol. The standard InChI is InChI=1S/C22H36BNO4S/c1-9-10-11-16-12-13-29-18(16)14-17(15-24-19(25)26-20(2,3)4)23-27-21(5,6)22(7,8)28-23/h12-14H,9-11,15H2,1-8H3,(H,24,25). The second-order valence-corrected chi connectivity index (χ2v) is 10.5. The Morgan fingerprint density at radius 2 is 1.86 bits per heavy atom. The predicted octanol–water partition coefficient (Wildman–Crippen LogP) is 5.63. The van der Waals surface area contributed by atoms with Gasteiger partial charge < -0.3 is 19.4 Å². The maximum absolute atomic E-state index is 12.2. The summed E-state index contributed by atoms with van der Waals surface area (Å²) >= 11 is 1.70. The van der Waals surface area contributed by atoms with Gasteiger partial charge in [-0.3, -0.25) is 0 Å². The lowest BCUT2D eigenvalue weighted by Crippen LogP contribution is -2.41. The first-order valence-electron chi connectivity index (χ1n) is 10.4. The average molecular weight is 421 g/mol. The van der Waals surface area contributed by atoms with Gasteiger partial charge in [0.05, 0.1) is 11.2 Å². The van der Waals surface area contributed by atoms with Crippen LogP contribution in [0.4, 0.5) is 4.79 Å². The highest BCUT2D eigenvalue weighted by molar-refractivity contribution is 7.11. The molecule has 0 unspecified atom stereocenters. The van der Waals surface area contributed by atoms with Crippen molar-refractivity contribution < 1.29 is 18.8 Å². The molecule has 5 nitrogen and oxygen atoms in total. The number of amides is 1. The Kier molecular flexibility index (Phi) is 7.63. The molecule has 7 heteroatoms.